The molecule has 0 fully saturated rings. The molecule has 1 N–H and O–H groups in total. The molecule has 0 aliphatic rings. The Morgan fingerprint density at radius 1 is 1.35 bits per heavy atom. The summed E-state index contributed by atoms with van der Waals surface area (Å²) in [7, 11) is 0. The van der Waals surface area contributed by atoms with E-state index in [0.717, 1.165) is 24.1 Å². The van der Waals surface area contributed by atoms with Crippen molar-refractivity contribution in [3.05, 3.63) is 35.7 Å². The first-order valence-electron chi connectivity index (χ1n) is 6.49. The molecule has 0 atom stereocenters. The van der Waals surface area contributed by atoms with Gasteiger partial charge in [0.25, 0.3) is 5.22 Å². The fourth-order valence-electron chi connectivity index (χ4n) is 1.64. The summed E-state index contributed by atoms with van der Waals surface area (Å²) >= 11 is 1.25. The van der Waals surface area contributed by atoms with E-state index in [0.29, 0.717) is 11.1 Å². The van der Waals surface area contributed by atoms with E-state index in [1.165, 1.54) is 11.8 Å². The van der Waals surface area contributed by atoms with Gasteiger partial charge in [-0.05, 0) is 25.0 Å². The number of nitrogens with one attached hydrogen (secondary N) is 1. The predicted octanol–water partition coefficient (Wildman–Crippen LogP) is 3.06. The Labute approximate surface area is 122 Å². The third-order valence-electron chi connectivity index (χ3n) is 2.66. The maximum Gasteiger partial charge on any atom is 0.277 e. The van der Waals surface area contributed by atoms with Gasteiger partial charge in [0.05, 0.1) is 5.75 Å². The first kappa shape index (κ1) is 14.6. The fraction of sp³-hybridized carbons (Fsp3) is 0.357. The minimum absolute atomic E-state index is 0.0838. The van der Waals surface area contributed by atoms with Crippen LogP contribution in [0.2, 0.25) is 0 Å². The molecule has 0 bridgehead atoms. The van der Waals surface area contributed by atoms with E-state index in [4.69, 9.17) is 4.42 Å². The second-order valence-electron chi connectivity index (χ2n) is 4.36. The van der Waals surface area contributed by atoms with E-state index < -0.39 is 0 Å². The Balaban J connectivity index is 1.84. The molecule has 6 heteroatoms. The normalized spacial score (nSPS) is 10.5. The molecular formula is C14H17N3O2S. The summed E-state index contributed by atoms with van der Waals surface area (Å²) in [6.07, 6.45) is 1.73. The van der Waals surface area contributed by atoms with Crippen molar-refractivity contribution in [2.24, 2.45) is 0 Å². The number of carbonyl (C=O) groups is 1. The molecule has 0 unspecified atom stereocenters. The number of anilines is 1. The van der Waals surface area contributed by atoms with E-state index in [-0.39, 0.29) is 11.7 Å². The van der Waals surface area contributed by atoms with Gasteiger partial charge in [-0.25, -0.2) is 0 Å². The van der Waals surface area contributed by atoms with Crippen LogP contribution in [0, 0.1) is 6.92 Å². The summed E-state index contributed by atoms with van der Waals surface area (Å²) in [5.41, 5.74) is 1.86. The smallest absolute Gasteiger partial charge is 0.277 e. The largest absolute Gasteiger partial charge is 0.416 e. The molecule has 0 spiro atoms. The first-order chi connectivity index (χ1) is 9.69. The lowest BCUT2D eigenvalue weighted by Gasteiger charge is -2.06. The van der Waals surface area contributed by atoms with Crippen molar-refractivity contribution in [1.82, 2.24) is 10.2 Å². The van der Waals surface area contributed by atoms with Crippen molar-refractivity contribution >= 4 is 23.4 Å². The average molecular weight is 291 g/mol. The molecule has 2 rings (SSSR count). The fourth-order valence-corrected chi connectivity index (χ4v) is 2.22. The van der Waals surface area contributed by atoms with Gasteiger partial charge in [-0.2, -0.15) is 0 Å². The van der Waals surface area contributed by atoms with Crippen molar-refractivity contribution in [2.45, 2.75) is 31.9 Å². The van der Waals surface area contributed by atoms with Crippen LogP contribution in [0.5, 0.6) is 0 Å². The third-order valence-corrected chi connectivity index (χ3v) is 3.48. The number of benzene rings is 1. The van der Waals surface area contributed by atoms with Crippen LogP contribution in [0.25, 0.3) is 0 Å². The summed E-state index contributed by atoms with van der Waals surface area (Å²) in [4.78, 5) is 11.8. The van der Waals surface area contributed by atoms with Crippen LogP contribution in [-0.2, 0) is 11.2 Å². The third kappa shape index (κ3) is 4.09. The Morgan fingerprint density at radius 3 is 2.90 bits per heavy atom. The van der Waals surface area contributed by atoms with Crippen LogP contribution in [0.15, 0.2) is 33.9 Å². The minimum Gasteiger partial charge on any atom is -0.416 e. The van der Waals surface area contributed by atoms with Gasteiger partial charge in [0.1, 0.15) is 0 Å². The zero-order chi connectivity index (χ0) is 14.4. The molecule has 1 heterocycles. The highest BCUT2D eigenvalue weighted by Crippen LogP contribution is 2.18. The van der Waals surface area contributed by atoms with Gasteiger partial charge in [-0.15, -0.1) is 10.2 Å². The summed E-state index contributed by atoms with van der Waals surface area (Å²) in [6, 6.07) is 7.67. The Kier molecular flexibility index (Phi) is 5.17. The van der Waals surface area contributed by atoms with Crippen molar-refractivity contribution < 1.29 is 9.21 Å². The molecule has 0 saturated carbocycles. The summed E-state index contributed by atoms with van der Waals surface area (Å²) in [6.45, 7) is 4.00. The molecule has 5 nitrogen and oxygen atoms in total. The molecule has 20 heavy (non-hydrogen) atoms. The topological polar surface area (TPSA) is 68.0 Å². The van der Waals surface area contributed by atoms with Gasteiger partial charge >= 0.3 is 0 Å². The van der Waals surface area contributed by atoms with Gasteiger partial charge in [0.15, 0.2) is 0 Å². The van der Waals surface area contributed by atoms with Crippen LogP contribution in [0.3, 0.4) is 0 Å². The lowest BCUT2D eigenvalue weighted by molar-refractivity contribution is -0.113. The number of hydrogen-bond acceptors (Lipinski definition) is 5. The monoisotopic (exact) mass is 291 g/mol. The molecule has 0 radical (unpaired) electrons. The second kappa shape index (κ2) is 7.09. The average Bonchev–Trinajstić information content (AvgIpc) is 2.87. The van der Waals surface area contributed by atoms with Crippen molar-refractivity contribution in [3.63, 3.8) is 0 Å². The number of aryl methyl sites for hydroxylation is 2. The molecule has 0 aliphatic carbocycles. The standard InChI is InChI=1S/C14H17N3O2S/c1-3-6-13-16-17-14(19-13)20-9-12(18)15-11-8-5-4-7-10(11)2/h4-5,7-8H,3,6,9H2,1-2H3,(H,15,18). The predicted molar refractivity (Wildman–Crippen MR) is 78.8 cm³/mol. The lowest BCUT2D eigenvalue weighted by Crippen LogP contribution is -2.14. The number of thioether (sulfide) groups is 1. The number of nitrogens with zero attached hydrogens (tertiary/aromatic N) is 2. The zero-order valence-corrected chi connectivity index (χ0v) is 12.4. The van der Waals surface area contributed by atoms with Crippen LogP contribution in [0.1, 0.15) is 24.8 Å². The number of rotatable bonds is 6. The minimum atomic E-state index is -0.0838. The second-order valence-corrected chi connectivity index (χ2v) is 5.29. The summed E-state index contributed by atoms with van der Waals surface area (Å²) in [5, 5.41) is 11.1. The van der Waals surface area contributed by atoms with Crippen LogP contribution in [-0.4, -0.2) is 21.9 Å². The van der Waals surface area contributed by atoms with Gasteiger partial charge in [0, 0.05) is 12.1 Å². The first-order valence-corrected chi connectivity index (χ1v) is 7.48. The molecule has 1 aromatic carbocycles. The number of hydrogen-bond donors (Lipinski definition) is 1. The number of para-hydroxylation sites is 1. The van der Waals surface area contributed by atoms with Gasteiger partial charge in [0.2, 0.25) is 11.8 Å². The summed E-state index contributed by atoms with van der Waals surface area (Å²) < 4.78 is 5.41. The van der Waals surface area contributed by atoms with Crippen LogP contribution >= 0.6 is 11.8 Å². The van der Waals surface area contributed by atoms with Crippen LogP contribution in [0.4, 0.5) is 5.69 Å². The Morgan fingerprint density at radius 2 is 2.15 bits per heavy atom. The molecule has 0 saturated heterocycles. The lowest BCUT2D eigenvalue weighted by atomic mass is 10.2. The van der Waals surface area contributed by atoms with Crippen molar-refractivity contribution in [2.75, 3.05) is 11.1 Å². The molecule has 2 aromatic rings. The highest BCUT2D eigenvalue weighted by Gasteiger charge is 2.10. The molecule has 0 aliphatic heterocycles. The van der Waals surface area contributed by atoms with E-state index in [9.17, 15) is 4.79 Å². The van der Waals surface area contributed by atoms with E-state index >= 15 is 0 Å². The number of aromatic nitrogens is 2. The number of carbonyl (C=O) groups excluding carboxylic acids is 1. The Hall–Kier alpha value is -1.82. The molecular weight excluding hydrogens is 274 g/mol. The highest BCUT2D eigenvalue weighted by atomic mass is 32.2. The highest BCUT2D eigenvalue weighted by molar-refractivity contribution is 7.99. The van der Waals surface area contributed by atoms with Gasteiger partial charge in [-0.1, -0.05) is 36.9 Å². The quantitative estimate of drug-likeness (QED) is 0.828. The molecule has 1 amide bonds. The van der Waals surface area contributed by atoms with Gasteiger partial charge < -0.3 is 9.73 Å². The number of amides is 1. The van der Waals surface area contributed by atoms with Crippen molar-refractivity contribution in [3.8, 4) is 0 Å². The van der Waals surface area contributed by atoms with Gasteiger partial charge in [-0.3, -0.25) is 4.79 Å². The summed E-state index contributed by atoms with van der Waals surface area (Å²) in [5.74, 6) is 0.788. The van der Waals surface area contributed by atoms with E-state index in [2.05, 4.69) is 15.5 Å². The van der Waals surface area contributed by atoms with Crippen LogP contribution < -0.4 is 5.32 Å². The molecule has 1 aromatic heterocycles. The van der Waals surface area contributed by atoms with Crippen molar-refractivity contribution in [1.29, 1.82) is 0 Å². The Bertz CT molecular complexity index is 583. The van der Waals surface area contributed by atoms with E-state index in [1.54, 1.807) is 0 Å². The zero-order valence-electron chi connectivity index (χ0n) is 11.5. The van der Waals surface area contributed by atoms with E-state index in [1.807, 2.05) is 38.1 Å². The maximum atomic E-state index is 11.8. The SMILES string of the molecule is CCCc1nnc(SCC(=O)Nc2ccccc2C)o1. The molecule has 106 valence electrons. The maximum absolute atomic E-state index is 11.8.